The minimum absolute atomic E-state index is 0.0291. The summed E-state index contributed by atoms with van der Waals surface area (Å²) in [6.07, 6.45) is 5.88. The predicted molar refractivity (Wildman–Crippen MR) is 163 cm³/mol. The smallest absolute Gasteiger partial charge is 0.393 e. The number of piperidine rings is 1. The van der Waals surface area contributed by atoms with Crippen molar-refractivity contribution in [2.75, 3.05) is 32.8 Å². The minimum atomic E-state index is -4.50. The van der Waals surface area contributed by atoms with Gasteiger partial charge in [0.25, 0.3) is 0 Å². The number of hydrogen-bond donors (Lipinski definition) is 1. The van der Waals surface area contributed by atoms with Gasteiger partial charge in [-0.15, -0.1) is 5.10 Å². The Morgan fingerprint density at radius 1 is 1.02 bits per heavy atom. The number of fused-ring (bicyclic) bond motifs is 1. The van der Waals surface area contributed by atoms with Crippen molar-refractivity contribution in [2.24, 2.45) is 10.2 Å². The monoisotopic (exact) mass is 607 g/mol. The van der Waals surface area contributed by atoms with E-state index in [1.807, 2.05) is 4.90 Å². The van der Waals surface area contributed by atoms with Crippen molar-refractivity contribution in [1.82, 2.24) is 15.2 Å². The molecule has 7 nitrogen and oxygen atoms in total. The number of carbonyl (C=O) groups excluding carboxylic acids is 1. The molecular formula is C33H33F4N5O2. The second-order valence-electron chi connectivity index (χ2n) is 10.6. The molecule has 1 aliphatic carbocycles. The number of halogens is 4. The van der Waals surface area contributed by atoms with Crippen LogP contribution in [0.5, 0.6) is 5.88 Å². The molecule has 0 saturated carbocycles. The van der Waals surface area contributed by atoms with Crippen LogP contribution in [0.4, 0.5) is 17.6 Å². The number of nitrogens with one attached hydrogen (secondary N) is 1. The molecule has 5 rings (SSSR count). The normalized spacial score (nSPS) is 17.4. The molecular weight excluding hydrogens is 574 g/mol. The second kappa shape index (κ2) is 14.4. The molecule has 0 atom stereocenters. The third-order valence-corrected chi connectivity index (χ3v) is 7.44. The Morgan fingerprint density at radius 2 is 1.82 bits per heavy atom. The molecule has 44 heavy (non-hydrogen) atoms. The van der Waals surface area contributed by atoms with Gasteiger partial charge in [-0.3, -0.25) is 4.79 Å². The number of benzene rings is 1. The lowest BCUT2D eigenvalue weighted by atomic mass is 9.84. The van der Waals surface area contributed by atoms with E-state index in [1.165, 1.54) is 18.7 Å². The molecule has 0 bridgehead atoms. The van der Waals surface area contributed by atoms with Crippen molar-refractivity contribution in [3.63, 3.8) is 0 Å². The van der Waals surface area contributed by atoms with Gasteiger partial charge in [0.2, 0.25) is 17.8 Å². The van der Waals surface area contributed by atoms with E-state index in [-0.39, 0.29) is 23.5 Å². The van der Waals surface area contributed by atoms with Crippen LogP contribution < -0.4 is 10.1 Å². The molecule has 230 valence electrons. The maximum absolute atomic E-state index is 14.4. The van der Waals surface area contributed by atoms with Gasteiger partial charge in [0, 0.05) is 56.5 Å². The highest BCUT2D eigenvalue weighted by Gasteiger charge is 2.33. The summed E-state index contributed by atoms with van der Waals surface area (Å²) in [6.45, 7) is 2.92. The van der Waals surface area contributed by atoms with Crippen molar-refractivity contribution in [3.8, 4) is 5.88 Å². The summed E-state index contributed by atoms with van der Waals surface area (Å²) >= 11 is 0. The Labute approximate surface area is 253 Å². The van der Waals surface area contributed by atoms with E-state index in [2.05, 4.69) is 20.5 Å². The molecule has 11 heteroatoms. The number of allylic oxidation sites excluding steroid dienone is 6. The van der Waals surface area contributed by atoms with Gasteiger partial charge in [0.15, 0.2) is 0 Å². The number of pyridine rings is 1. The number of ether oxygens (including phenoxy) is 1. The fourth-order valence-corrected chi connectivity index (χ4v) is 5.32. The van der Waals surface area contributed by atoms with Gasteiger partial charge in [-0.2, -0.15) is 22.7 Å². The zero-order valence-electron chi connectivity index (χ0n) is 24.1. The third-order valence-electron chi connectivity index (χ3n) is 7.44. The number of likely N-dealkylation sites (tertiary alicyclic amines) is 1. The highest BCUT2D eigenvalue weighted by molar-refractivity contribution is 6.25. The van der Waals surface area contributed by atoms with Gasteiger partial charge < -0.3 is 15.0 Å². The van der Waals surface area contributed by atoms with Crippen molar-refractivity contribution in [3.05, 3.63) is 95.2 Å². The topological polar surface area (TPSA) is 79.2 Å². The molecule has 0 unspecified atom stereocenters. The average Bonchev–Trinajstić information content (AvgIpc) is 3.41. The quantitative estimate of drug-likeness (QED) is 0.180. The lowest BCUT2D eigenvalue weighted by Crippen LogP contribution is -2.34. The van der Waals surface area contributed by atoms with Crippen LogP contribution in [0.2, 0.25) is 0 Å². The molecule has 0 spiro atoms. The van der Waals surface area contributed by atoms with Gasteiger partial charge in [0.1, 0.15) is 6.61 Å². The van der Waals surface area contributed by atoms with Gasteiger partial charge in [-0.05, 0) is 53.7 Å². The first kappa shape index (κ1) is 31.1. The summed E-state index contributed by atoms with van der Waals surface area (Å²) < 4.78 is 61.9. The lowest BCUT2D eigenvalue weighted by molar-refractivity contribution is -0.127. The van der Waals surface area contributed by atoms with Gasteiger partial charge in [0.05, 0.1) is 17.7 Å². The molecule has 3 aliphatic rings. The second-order valence-corrected chi connectivity index (χ2v) is 10.6. The van der Waals surface area contributed by atoms with Crippen LogP contribution in [-0.2, 0) is 4.79 Å². The van der Waals surface area contributed by atoms with Crippen LogP contribution >= 0.6 is 0 Å². The third kappa shape index (κ3) is 8.16. The molecule has 1 fully saturated rings. The first-order valence-corrected chi connectivity index (χ1v) is 14.6. The van der Waals surface area contributed by atoms with Crippen LogP contribution in [0.3, 0.4) is 0 Å². The summed E-state index contributed by atoms with van der Waals surface area (Å²) in [5, 5.41) is 10.5. The van der Waals surface area contributed by atoms with E-state index >= 15 is 0 Å². The van der Waals surface area contributed by atoms with Gasteiger partial charge >= 0.3 is 6.18 Å². The Kier molecular flexibility index (Phi) is 10.2. The SMILES string of the molecule is O=C(/C=C/CNCCOc1ccc(/C(C2=CCC3=NN=C(F)C3=C2)=C(/CC(F)(F)F)c2ccccc2)cn1)N1CCCCC1. The predicted octanol–water partition coefficient (Wildman–Crippen LogP) is 6.48. The molecule has 2 aromatic rings. The van der Waals surface area contributed by atoms with Crippen molar-refractivity contribution >= 4 is 28.7 Å². The fourth-order valence-electron chi connectivity index (χ4n) is 5.32. The van der Waals surface area contributed by atoms with E-state index in [0.717, 1.165) is 25.9 Å². The zero-order chi connectivity index (χ0) is 30.9. The summed E-state index contributed by atoms with van der Waals surface area (Å²) in [7, 11) is 0. The molecule has 1 amide bonds. The van der Waals surface area contributed by atoms with Crippen LogP contribution in [-0.4, -0.2) is 66.4 Å². The van der Waals surface area contributed by atoms with Crippen LogP contribution in [0.25, 0.3) is 11.1 Å². The zero-order valence-corrected chi connectivity index (χ0v) is 24.1. The molecule has 1 aromatic carbocycles. The molecule has 1 saturated heterocycles. The number of amides is 1. The van der Waals surface area contributed by atoms with Crippen molar-refractivity contribution in [2.45, 2.75) is 38.3 Å². The number of nitrogens with zero attached hydrogens (tertiary/aromatic N) is 4. The fraction of sp³-hybridized carbons (Fsp3) is 0.333. The molecule has 0 radical (unpaired) electrons. The number of aromatic nitrogens is 1. The number of alkyl halides is 3. The number of hydrogen-bond acceptors (Lipinski definition) is 6. The largest absolute Gasteiger partial charge is 0.476 e. The highest BCUT2D eigenvalue weighted by atomic mass is 19.4. The van der Waals surface area contributed by atoms with Crippen molar-refractivity contribution < 1.29 is 27.1 Å². The molecule has 3 heterocycles. The highest BCUT2D eigenvalue weighted by Crippen LogP contribution is 2.41. The van der Waals surface area contributed by atoms with E-state index in [4.69, 9.17) is 4.74 Å². The first-order valence-electron chi connectivity index (χ1n) is 14.6. The van der Waals surface area contributed by atoms with E-state index in [9.17, 15) is 22.4 Å². The van der Waals surface area contributed by atoms with Crippen LogP contribution in [0.15, 0.2) is 94.3 Å². The molecule has 2 aliphatic heterocycles. The van der Waals surface area contributed by atoms with E-state index in [0.29, 0.717) is 53.6 Å². The summed E-state index contributed by atoms with van der Waals surface area (Å²) in [5.41, 5.74) is 2.21. The van der Waals surface area contributed by atoms with Crippen molar-refractivity contribution in [1.29, 1.82) is 0 Å². The first-order chi connectivity index (χ1) is 21.3. The summed E-state index contributed by atoms with van der Waals surface area (Å²) in [5.74, 6) is -0.426. The molecule has 1 aromatic heterocycles. The standard InChI is InChI=1S/C33H33F4N5O2/c34-32-26-20-24(11-13-28(26)40-41-32)31(27(21-33(35,36)37)23-8-3-1-4-9-23)25-12-14-29(39-22-25)44-19-16-38-15-7-10-30(43)42-17-5-2-6-18-42/h1,3-4,7-12,14,20,22,38H,2,5-6,13,15-19,21H2/b10-7+,31-27-. The maximum atomic E-state index is 14.4. The Balaban J connectivity index is 1.29. The lowest BCUT2D eigenvalue weighted by Gasteiger charge is -2.25. The Morgan fingerprint density at radius 3 is 2.55 bits per heavy atom. The average molecular weight is 608 g/mol. The minimum Gasteiger partial charge on any atom is -0.476 e. The summed E-state index contributed by atoms with van der Waals surface area (Å²) in [4.78, 5) is 18.4. The Bertz CT molecular complexity index is 1520. The van der Waals surface area contributed by atoms with Crippen LogP contribution in [0.1, 0.15) is 43.2 Å². The van der Waals surface area contributed by atoms with Gasteiger partial charge in [-0.1, -0.05) is 42.5 Å². The number of carbonyl (C=O) groups is 1. The number of rotatable bonds is 11. The van der Waals surface area contributed by atoms with Crippen LogP contribution in [0, 0.1) is 0 Å². The molecule has 1 N–H and O–H groups in total. The van der Waals surface area contributed by atoms with E-state index < -0.39 is 18.6 Å². The maximum Gasteiger partial charge on any atom is 0.393 e. The van der Waals surface area contributed by atoms with Gasteiger partial charge in [-0.25, -0.2) is 4.98 Å². The Hall–Kier alpha value is -4.38. The summed E-state index contributed by atoms with van der Waals surface area (Å²) in [6, 6.07) is 11.6. The van der Waals surface area contributed by atoms with E-state index in [1.54, 1.807) is 60.7 Å².